The SMILES string of the molecule is C=C[C@@H]1CN2CC[C@H]1C[C@H]2[C@@H](OC)c1ccnc2ccc(OC)cc12. The molecule has 4 heterocycles. The number of hydrogen-bond donors (Lipinski definition) is 0. The number of piperidine rings is 3. The highest BCUT2D eigenvalue weighted by atomic mass is 16.5. The highest BCUT2D eigenvalue weighted by molar-refractivity contribution is 5.84. The van der Waals surface area contributed by atoms with Crippen molar-refractivity contribution in [2.24, 2.45) is 11.8 Å². The lowest BCUT2D eigenvalue weighted by molar-refractivity contribution is -0.0601. The minimum atomic E-state index is 0.0474. The van der Waals surface area contributed by atoms with Crippen LogP contribution in [0.1, 0.15) is 24.5 Å². The molecule has 2 aromatic rings. The zero-order valence-corrected chi connectivity index (χ0v) is 15.0. The summed E-state index contributed by atoms with van der Waals surface area (Å²) in [6, 6.07) is 8.57. The molecule has 0 saturated carbocycles. The average Bonchev–Trinajstić information content (AvgIpc) is 2.68. The summed E-state index contributed by atoms with van der Waals surface area (Å²) in [5, 5.41) is 1.12. The van der Waals surface area contributed by atoms with Crippen LogP contribution in [0.2, 0.25) is 0 Å². The summed E-state index contributed by atoms with van der Waals surface area (Å²) < 4.78 is 11.5. The number of ether oxygens (including phenoxy) is 2. The highest BCUT2D eigenvalue weighted by Gasteiger charge is 2.42. The van der Waals surface area contributed by atoms with Crippen LogP contribution in [0.25, 0.3) is 10.9 Å². The van der Waals surface area contributed by atoms with Gasteiger partial charge < -0.3 is 9.47 Å². The van der Waals surface area contributed by atoms with Crippen molar-refractivity contribution in [2.45, 2.75) is 25.0 Å². The monoisotopic (exact) mass is 338 g/mol. The molecule has 3 saturated heterocycles. The van der Waals surface area contributed by atoms with E-state index < -0.39 is 0 Å². The Labute approximate surface area is 149 Å². The van der Waals surface area contributed by atoms with Gasteiger partial charge in [0.05, 0.1) is 18.7 Å². The fourth-order valence-corrected chi connectivity index (χ4v) is 4.71. The third-order valence-electron chi connectivity index (χ3n) is 6.05. The summed E-state index contributed by atoms with van der Waals surface area (Å²) >= 11 is 0. The van der Waals surface area contributed by atoms with Crippen LogP contribution in [0.5, 0.6) is 5.75 Å². The molecule has 1 aromatic carbocycles. The summed E-state index contributed by atoms with van der Waals surface area (Å²) in [5.41, 5.74) is 2.19. The Kier molecular flexibility index (Phi) is 4.48. The van der Waals surface area contributed by atoms with Gasteiger partial charge in [0.25, 0.3) is 0 Å². The van der Waals surface area contributed by atoms with Crippen molar-refractivity contribution < 1.29 is 9.47 Å². The lowest BCUT2D eigenvalue weighted by atomic mass is 9.73. The van der Waals surface area contributed by atoms with E-state index in [1.54, 1.807) is 7.11 Å². The Bertz CT molecular complexity index is 776. The molecule has 0 spiro atoms. The smallest absolute Gasteiger partial charge is 0.119 e. The van der Waals surface area contributed by atoms with Gasteiger partial charge >= 0.3 is 0 Å². The number of hydrogen-bond acceptors (Lipinski definition) is 4. The number of fused-ring (bicyclic) bond motifs is 4. The molecule has 0 N–H and O–H groups in total. The molecular weight excluding hydrogens is 312 g/mol. The quantitative estimate of drug-likeness (QED) is 0.776. The van der Waals surface area contributed by atoms with E-state index >= 15 is 0 Å². The van der Waals surface area contributed by atoms with Crippen LogP contribution < -0.4 is 4.74 Å². The van der Waals surface area contributed by atoms with E-state index in [0.29, 0.717) is 12.0 Å². The van der Waals surface area contributed by atoms with Crippen LogP contribution in [0.15, 0.2) is 43.1 Å². The summed E-state index contributed by atoms with van der Waals surface area (Å²) in [7, 11) is 3.53. The van der Waals surface area contributed by atoms with Crippen LogP contribution >= 0.6 is 0 Å². The van der Waals surface area contributed by atoms with Crippen molar-refractivity contribution >= 4 is 10.9 Å². The van der Waals surface area contributed by atoms with Gasteiger partial charge in [0.2, 0.25) is 0 Å². The van der Waals surface area contributed by atoms with Crippen LogP contribution in [-0.4, -0.2) is 43.2 Å². The second-order valence-electron chi connectivity index (χ2n) is 7.19. The second kappa shape index (κ2) is 6.77. The molecule has 1 unspecified atom stereocenters. The maximum absolute atomic E-state index is 6.04. The maximum atomic E-state index is 6.04. The van der Waals surface area contributed by atoms with E-state index in [1.165, 1.54) is 18.4 Å². The fraction of sp³-hybridized carbons (Fsp3) is 0.476. The van der Waals surface area contributed by atoms with Crippen LogP contribution in [0.4, 0.5) is 0 Å². The predicted octanol–water partition coefficient (Wildman–Crippen LogP) is 3.83. The van der Waals surface area contributed by atoms with Gasteiger partial charge in [-0.3, -0.25) is 9.88 Å². The first-order valence-electron chi connectivity index (χ1n) is 9.07. The fourth-order valence-electron chi connectivity index (χ4n) is 4.71. The van der Waals surface area contributed by atoms with E-state index in [-0.39, 0.29) is 6.10 Å². The van der Waals surface area contributed by atoms with Crippen molar-refractivity contribution in [3.8, 4) is 5.75 Å². The zero-order valence-electron chi connectivity index (χ0n) is 15.0. The first-order chi connectivity index (χ1) is 12.2. The number of pyridine rings is 1. The van der Waals surface area contributed by atoms with Gasteiger partial charge in [0.1, 0.15) is 5.75 Å². The summed E-state index contributed by atoms with van der Waals surface area (Å²) in [6.45, 7) is 6.29. The van der Waals surface area contributed by atoms with Gasteiger partial charge in [0.15, 0.2) is 0 Å². The molecule has 5 atom stereocenters. The minimum Gasteiger partial charge on any atom is -0.497 e. The average molecular weight is 338 g/mol. The Morgan fingerprint density at radius 1 is 1.32 bits per heavy atom. The molecule has 4 heteroatoms. The molecule has 0 aliphatic carbocycles. The van der Waals surface area contributed by atoms with Gasteiger partial charge in [-0.05, 0) is 61.1 Å². The molecule has 4 nitrogen and oxygen atoms in total. The summed E-state index contributed by atoms with van der Waals surface area (Å²) in [6.07, 6.45) is 6.52. The standard InChI is InChI=1S/C21H26N2O2/c1-4-14-13-23-10-8-15(14)11-20(23)21(25-3)17-7-9-22-19-6-5-16(24-2)12-18(17)19/h4-7,9,12,14-15,20-21H,1,8,10-11,13H2,2-3H3/t14-,15+,20+,21+/m1/s1. The van der Waals surface area contributed by atoms with Crippen LogP contribution in [0.3, 0.4) is 0 Å². The molecular formula is C21H26N2O2. The molecule has 0 amide bonds. The van der Waals surface area contributed by atoms with E-state index in [2.05, 4.69) is 34.7 Å². The highest BCUT2D eigenvalue weighted by Crippen LogP contribution is 2.43. The molecule has 3 fully saturated rings. The third kappa shape index (κ3) is 2.83. The normalized spacial score (nSPS) is 29.5. The van der Waals surface area contributed by atoms with Crippen molar-refractivity contribution in [3.05, 3.63) is 48.7 Å². The van der Waals surface area contributed by atoms with Crippen LogP contribution in [-0.2, 0) is 4.74 Å². The summed E-state index contributed by atoms with van der Waals surface area (Å²) in [4.78, 5) is 7.10. The van der Waals surface area contributed by atoms with Gasteiger partial charge in [-0.25, -0.2) is 0 Å². The molecule has 132 valence electrons. The van der Waals surface area contributed by atoms with Crippen molar-refractivity contribution in [3.63, 3.8) is 0 Å². The number of aromatic nitrogens is 1. The molecule has 3 aliphatic rings. The first kappa shape index (κ1) is 16.6. The molecule has 5 rings (SSSR count). The summed E-state index contributed by atoms with van der Waals surface area (Å²) in [5.74, 6) is 2.21. The Morgan fingerprint density at radius 2 is 2.20 bits per heavy atom. The first-order valence-corrected chi connectivity index (χ1v) is 9.07. The van der Waals surface area contributed by atoms with Gasteiger partial charge in [-0.2, -0.15) is 0 Å². The van der Waals surface area contributed by atoms with Crippen molar-refractivity contribution in [1.29, 1.82) is 0 Å². The largest absolute Gasteiger partial charge is 0.497 e. The lowest BCUT2D eigenvalue weighted by Gasteiger charge is -2.51. The number of nitrogens with zero attached hydrogens (tertiary/aromatic N) is 2. The Morgan fingerprint density at radius 3 is 2.88 bits per heavy atom. The molecule has 25 heavy (non-hydrogen) atoms. The third-order valence-corrected chi connectivity index (χ3v) is 6.05. The van der Waals surface area contributed by atoms with Gasteiger partial charge in [0, 0.05) is 31.3 Å². The van der Waals surface area contributed by atoms with Gasteiger partial charge in [-0.1, -0.05) is 6.08 Å². The van der Waals surface area contributed by atoms with Crippen molar-refractivity contribution in [2.75, 3.05) is 27.3 Å². The minimum absolute atomic E-state index is 0.0474. The zero-order chi connectivity index (χ0) is 17.4. The Hall–Kier alpha value is -1.91. The maximum Gasteiger partial charge on any atom is 0.119 e. The van der Waals surface area contributed by atoms with Crippen LogP contribution in [0, 0.1) is 11.8 Å². The molecule has 0 radical (unpaired) electrons. The van der Waals surface area contributed by atoms with Crippen molar-refractivity contribution in [1.82, 2.24) is 9.88 Å². The Balaban J connectivity index is 1.72. The predicted molar refractivity (Wildman–Crippen MR) is 99.8 cm³/mol. The number of methoxy groups -OCH3 is 2. The van der Waals surface area contributed by atoms with E-state index in [0.717, 1.165) is 35.7 Å². The molecule has 3 aliphatic heterocycles. The van der Waals surface area contributed by atoms with Gasteiger partial charge in [-0.15, -0.1) is 6.58 Å². The lowest BCUT2D eigenvalue weighted by Crippen LogP contribution is -2.55. The molecule has 1 aromatic heterocycles. The topological polar surface area (TPSA) is 34.6 Å². The van der Waals surface area contributed by atoms with E-state index in [4.69, 9.17) is 9.47 Å². The molecule has 2 bridgehead atoms. The number of benzene rings is 1. The van der Waals surface area contributed by atoms with E-state index in [9.17, 15) is 0 Å². The number of rotatable bonds is 5. The van der Waals surface area contributed by atoms with E-state index in [1.807, 2.05) is 25.4 Å². The second-order valence-corrected chi connectivity index (χ2v) is 7.19.